The minimum atomic E-state index is 0.666. The van der Waals surface area contributed by atoms with E-state index < -0.39 is 0 Å². The van der Waals surface area contributed by atoms with Crippen LogP contribution in [0.3, 0.4) is 0 Å². The van der Waals surface area contributed by atoms with Crippen molar-refractivity contribution in [3.8, 4) is 0 Å². The largest absolute Gasteiger partial charge is 0.355 e. The van der Waals surface area contributed by atoms with Gasteiger partial charge in [0.25, 0.3) is 0 Å². The molecule has 0 atom stereocenters. The Morgan fingerprint density at radius 2 is 1.83 bits per heavy atom. The highest BCUT2D eigenvalue weighted by atomic mass is 35.5. The lowest BCUT2D eigenvalue weighted by Gasteiger charge is -2.11. The number of hydrogen-bond donors (Lipinski definition) is 1. The van der Waals surface area contributed by atoms with Crippen molar-refractivity contribution in [2.45, 2.75) is 13.8 Å². The lowest BCUT2D eigenvalue weighted by atomic mass is 10.1. The molecule has 0 bridgehead atoms. The lowest BCUT2D eigenvalue weighted by molar-refractivity contribution is 1.43. The van der Waals surface area contributed by atoms with Crippen molar-refractivity contribution in [2.24, 2.45) is 0 Å². The van der Waals surface area contributed by atoms with Crippen molar-refractivity contribution in [1.82, 2.24) is 0 Å². The van der Waals surface area contributed by atoms with Gasteiger partial charge in [-0.15, -0.1) is 11.3 Å². The average molecular weight is 358 g/mol. The van der Waals surface area contributed by atoms with E-state index >= 15 is 0 Å². The number of halogens is 1. The minimum absolute atomic E-state index is 0.666. The van der Waals surface area contributed by atoms with E-state index in [1.807, 2.05) is 30.3 Å². The molecule has 116 valence electrons. The molecule has 1 heterocycles. The molecule has 0 aliphatic heterocycles. The number of thiocarbonyl (C=S) groups is 1. The molecule has 1 aromatic heterocycles. The Labute approximate surface area is 150 Å². The van der Waals surface area contributed by atoms with E-state index in [2.05, 4.69) is 43.4 Å². The molecule has 0 spiro atoms. The van der Waals surface area contributed by atoms with Crippen LogP contribution in [0.5, 0.6) is 0 Å². The monoisotopic (exact) mass is 357 g/mol. The SMILES string of the molecule is Cc1ccc(C(=S)c2ccc(Nc3ccccc3C)cc2Cl)s1. The van der Waals surface area contributed by atoms with Gasteiger partial charge in [0.2, 0.25) is 0 Å². The van der Waals surface area contributed by atoms with Crippen LogP contribution in [0.15, 0.2) is 54.6 Å². The maximum Gasteiger partial charge on any atom is 0.0636 e. The van der Waals surface area contributed by atoms with Crippen LogP contribution in [0.25, 0.3) is 0 Å². The molecule has 0 unspecified atom stereocenters. The molecule has 0 aliphatic rings. The summed E-state index contributed by atoms with van der Waals surface area (Å²) in [6.45, 7) is 4.15. The molecule has 23 heavy (non-hydrogen) atoms. The Balaban J connectivity index is 1.86. The van der Waals surface area contributed by atoms with E-state index in [0.717, 1.165) is 26.7 Å². The first-order valence-corrected chi connectivity index (χ1v) is 8.88. The van der Waals surface area contributed by atoms with Crippen LogP contribution >= 0.6 is 35.2 Å². The molecule has 0 aliphatic carbocycles. The number of anilines is 2. The van der Waals surface area contributed by atoms with Gasteiger partial charge >= 0.3 is 0 Å². The van der Waals surface area contributed by atoms with Crippen LogP contribution < -0.4 is 5.32 Å². The Morgan fingerprint density at radius 3 is 2.48 bits per heavy atom. The maximum absolute atomic E-state index is 6.46. The highest BCUT2D eigenvalue weighted by Crippen LogP contribution is 2.29. The highest BCUT2D eigenvalue weighted by Gasteiger charge is 2.11. The summed E-state index contributed by atoms with van der Waals surface area (Å²) in [7, 11) is 0. The van der Waals surface area contributed by atoms with Crippen molar-refractivity contribution < 1.29 is 0 Å². The van der Waals surface area contributed by atoms with Crippen LogP contribution in [0.1, 0.15) is 20.9 Å². The van der Waals surface area contributed by atoms with Gasteiger partial charge in [-0.2, -0.15) is 0 Å². The second kappa shape index (κ2) is 6.83. The van der Waals surface area contributed by atoms with Crippen LogP contribution in [-0.2, 0) is 0 Å². The normalized spacial score (nSPS) is 10.6. The van der Waals surface area contributed by atoms with Crippen LogP contribution in [0.2, 0.25) is 5.02 Å². The molecular formula is C19H16ClNS2. The van der Waals surface area contributed by atoms with Gasteiger partial charge in [-0.05, 0) is 55.8 Å². The molecule has 3 aromatic rings. The van der Waals surface area contributed by atoms with Crippen molar-refractivity contribution in [1.29, 1.82) is 0 Å². The molecule has 0 fully saturated rings. The molecular weight excluding hydrogens is 342 g/mol. The van der Waals surface area contributed by atoms with Gasteiger partial charge in [0, 0.05) is 26.7 Å². The maximum atomic E-state index is 6.46. The van der Waals surface area contributed by atoms with Crippen LogP contribution in [0.4, 0.5) is 11.4 Å². The van der Waals surface area contributed by atoms with Gasteiger partial charge in [0.1, 0.15) is 0 Å². The summed E-state index contributed by atoms with van der Waals surface area (Å²) >= 11 is 13.7. The van der Waals surface area contributed by atoms with E-state index in [4.69, 9.17) is 23.8 Å². The summed E-state index contributed by atoms with van der Waals surface area (Å²) in [5.41, 5.74) is 4.13. The Kier molecular flexibility index (Phi) is 4.81. The smallest absolute Gasteiger partial charge is 0.0636 e. The van der Waals surface area contributed by atoms with Crippen LogP contribution in [0, 0.1) is 13.8 Å². The van der Waals surface area contributed by atoms with Crippen molar-refractivity contribution in [3.63, 3.8) is 0 Å². The van der Waals surface area contributed by atoms with Gasteiger partial charge in [-0.3, -0.25) is 0 Å². The summed E-state index contributed by atoms with van der Waals surface area (Å²) < 4.78 is 0. The quantitative estimate of drug-likeness (QED) is 0.421. The third kappa shape index (κ3) is 3.63. The molecule has 0 saturated heterocycles. The fraction of sp³-hybridized carbons (Fsp3) is 0.105. The molecule has 0 radical (unpaired) electrons. The van der Waals surface area contributed by atoms with Crippen molar-refractivity contribution >= 4 is 51.4 Å². The minimum Gasteiger partial charge on any atom is -0.355 e. The van der Waals surface area contributed by atoms with E-state index in [-0.39, 0.29) is 0 Å². The van der Waals surface area contributed by atoms with Crippen molar-refractivity contribution in [2.75, 3.05) is 5.32 Å². The molecule has 1 N–H and O–H groups in total. The van der Waals surface area contributed by atoms with Crippen LogP contribution in [-0.4, -0.2) is 4.86 Å². The molecule has 2 aromatic carbocycles. The molecule has 4 heteroatoms. The van der Waals surface area contributed by atoms with E-state index in [1.54, 1.807) is 11.3 Å². The summed E-state index contributed by atoms with van der Waals surface area (Å²) in [5, 5.41) is 4.06. The second-order valence-electron chi connectivity index (χ2n) is 5.37. The van der Waals surface area contributed by atoms with Gasteiger partial charge in [0.15, 0.2) is 0 Å². The Bertz CT molecular complexity index is 867. The number of para-hydroxylation sites is 1. The molecule has 3 rings (SSSR count). The highest BCUT2D eigenvalue weighted by molar-refractivity contribution is 7.81. The molecule has 1 nitrogen and oxygen atoms in total. The van der Waals surface area contributed by atoms with Gasteiger partial charge in [-0.25, -0.2) is 0 Å². The predicted molar refractivity (Wildman–Crippen MR) is 106 cm³/mol. The first-order chi connectivity index (χ1) is 11.0. The third-order valence-corrected chi connectivity index (χ3v) is 5.50. The first kappa shape index (κ1) is 16.2. The summed E-state index contributed by atoms with van der Waals surface area (Å²) in [6, 6.07) is 18.2. The van der Waals surface area contributed by atoms with Gasteiger partial charge in [-0.1, -0.05) is 42.0 Å². The fourth-order valence-corrected chi connectivity index (χ4v) is 3.86. The second-order valence-corrected chi connectivity index (χ2v) is 7.48. The number of nitrogens with one attached hydrogen (secondary N) is 1. The zero-order valence-corrected chi connectivity index (χ0v) is 15.3. The number of benzene rings is 2. The number of hydrogen-bond acceptors (Lipinski definition) is 3. The fourth-order valence-electron chi connectivity index (χ4n) is 2.33. The molecule has 0 amide bonds. The Morgan fingerprint density at radius 1 is 1.04 bits per heavy atom. The van der Waals surface area contributed by atoms with E-state index in [0.29, 0.717) is 5.02 Å². The van der Waals surface area contributed by atoms with E-state index in [1.165, 1.54) is 10.4 Å². The van der Waals surface area contributed by atoms with Gasteiger partial charge < -0.3 is 5.32 Å². The molecule has 0 saturated carbocycles. The van der Waals surface area contributed by atoms with Crippen molar-refractivity contribution in [3.05, 3.63) is 80.5 Å². The zero-order valence-electron chi connectivity index (χ0n) is 12.9. The predicted octanol–water partition coefficient (Wildman–Crippen LogP) is 6.53. The third-order valence-electron chi connectivity index (χ3n) is 3.60. The first-order valence-electron chi connectivity index (χ1n) is 7.28. The number of rotatable bonds is 4. The Hall–Kier alpha value is -1.68. The topological polar surface area (TPSA) is 12.0 Å². The van der Waals surface area contributed by atoms with E-state index in [9.17, 15) is 0 Å². The number of aryl methyl sites for hydroxylation is 2. The summed E-state index contributed by atoms with van der Waals surface area (Å²) in [4.78, 5) is 3.13. The standard InChI is InChI=1S/C19H16ClNS2/c1-12-5-3-4-6-17(12)21-14-8-9-15(16(20)11-14)19(22)18-10-7-13(2)23-18/h3-11,21H,1-2H3. The number of thiophene rings is 1. The zero-order chi connectivity index (χ0) is 16.4. The average Bonchev–Trinajstić information content (AvgIpc) is 2.96. The summed E-state index contributed by atoms with van der Waals surface area (Å²) in [6.07, 6.45) is 0. The summed E-state index contributed by atoms with van der Waals surface area (Å²) in [5.74, 6) is 0. The van der Waals surface area contributed by atoms with Gasteiger partial charge in [0.05, 0.1) is 9.89 Å². The lowest BCUT2D eigenvalue weighted by Crippen LogP contribution is -1.99.